The summed E-state index contributed by atoms with van der Waals surface area (Å²) in [4.78, 5) is 0. The van der Waals surface area contributed by atoms with Crippen LogP contribution in [0.2, 0.25) is 65.0 Å². The Morgan fingerprint density at radius 2 is 1.04 bits per heavy atom. The van der Waals surface area contributed by atoms with E-state index in [-0.39, 0.29) is 0 Å². The van der Waals surface area contributed by atoms with Gasteiger partial charge in [-0.15, -0.1) is 0 Å². The van der Waals surface area contributed by atoms with Gasteiger partial charge in [0.1, 0.15) is 5.75 Å². The molecule has 150 valence electrons. The minimum absolute atomic E-state index is 0.544. The first-order chi connectivity index (χ1) is 11.6. The van der Waals surface area contributed by atoms with Crippen LogP contribution in [0.15, 0.2) is 12.1 Å². The van der Waals surface area contributed by atoms with E-state index in [4.69, 9.17) is 0 Å². The van der Waals surface area contributed by atoms with Crippen molar-refractivity contribution in [1.29, 1.82) is 0 Å². The molecular formula is C21H44OSi4. The summed E-state index contributed by atoms with van der Waals surface area (Å²) in [6, 6.07) is 6.07. The average molecular weight is 425 g/mol. The summed E-state index contributed by atoms with van der Waals surface area (Å²) < 4.78 is 0. The van der Waals surface area contributed by atoms with E-state index in [1.54, 1.807) is 0 Å². The second kappa shape index (κ2) is 8.09. The van der Waals surface area contributed by atoms with Gasteiger partial charge in [0.25, 0.3) is 0 Å². The molecule has 0 aliphatic heterocycles. The average Bonchev–Trinajstić information content (AvgIpc) is 2.44. The van der Waals surface area contributed by atoms with Crippen molar-refractivity contribution in [3.05, 3.63) is 28.8 Å². The number of phenols is 1. The normalized spacial score (nSPS) is 14.0. The SMILES string of the molecule is CCc1cc(CC[Si]([Si](C)(C)C)([Si](C)(C)C)[Si](C)(C)C)cc(CC)c1O. The quantitative estimate of drug-likeness (QED) is 0.457. The summed E-state index contributed by atoms with van der Waals surface area (Å²) in [6.07, 6.45) is 3.07. The van der Waals surface area contributed by atoms with Gasteiger partial charge >= 0.3 is 0 Å². The molecule has 0 bridgehead atoms. The van der Waals surface area contributed by atoms with Gasteiger partial charge in [-0.3, -0.25) is 0 Å². The lowest BCUT2D eigenvalue weighted by atomic mass is 9.99. The molecule has 5 heteroatoms. The highest BCUT2D eigenvalue weighted by molar-refractivity contribution is 7.89. The topological polar surface area (TPSA) is 20.2 Å². The highest BCUT2D eigenvalue weighted by Crippen LogP contribution is 2.41. The zero-order valence-electron chi connectivity index (χ0n) is 19.4. The van der Waals surface area contributed by atoms with Crippen LogP contribution in [0.4, 0.5) is 0 Å². The smallest absolute Gasteiger partial charge is 0.121 e. The minimum Gasteiger partial charge on any atom is -0.507 e. The molecule has 0 saturated heterocycles. The summed E-state index contributed by atoms with van der Waals surface area (Å²) in [5.74, 6) is 0.544. The number of benzene rings is 1. The number of rotatable bonds is 8. The molecule has 0 saturated carbocycles. The van der Waals surface area contributed by atoms with Crippen LogP contribution in [-0.4, -0.2) is 34.5 Å². The van der Waals surface area contributed by atoms with Crippen LogP contribution in [0.1, 0.15) is 30.5 Å². The van der Waals surface area contributed by atoms with Crippen LogP contribution in [0.3, 0.4) is 0 Å². The van der Waals surface area contributed by atoms with E-state index in [0.29, 0.717) is 5.75 Å². The molecule has 0 aliphatic rings. The molecule has 0 heterocycles. The molecule has 0 radical (unpaired) electrons. The van der Waals surface area contributed by atoms with Gasteiger partial charge in [-0.05, 0) is 36.0 Å². The van der Waals surface area contributed by atoms with Crippen molar-refractivity contribution in [1.82, 2.24) is 0 Å². The first-order valence-electron chi connectivity index (χ1n) is 10.5. The second-order valence-electron chi connectivity index (χ2n) is 11.1. The van der Waals surface area contributed by atoms with Crippen molar-refractivity contribution in [2.45, 2.75) is 98.1 Å². The van der Waals surface area contributed by atoms with E-state index in [1.807, 2.05) is 0 Å². The molecule has 1 rings (SSSR count). The number of aryl methyl sites for hydroxylation is 3. The van der Waals surface area contributed by atoms with Crippen LogP contribution in [0.25, 0.3) is 0 Å². The third kappa shape index (κ3) is 4.47. The molecular weight excluding hydrogens is 381 g/mol. The standard InChI is InChI=1S/C21H44OSi4/c1-12-19-16-18(17-20(13-2)21(19)22)14-15-26(23(3,4)5,24(6,7)8)25(9,10)11/h16-17,22H,12-15H2,1-11H3. The molecule has 0 unspecified atom stereocenters. The maximum Gasteiger partial charge on any atom is 0.121 e. The summed E-state index contributed by atoms with van der Waals surface area (Å²) >= 11 is 0. The molecule has 1 N–H and O–H groups in total. The molecule has 0 aliphatic carbocycles. The summed E-state index contributed by atoms with van der Waals surface area (Å²) in [6.45, 7) is 27.2. The van der Waals surface area contributed by atoms with Gasteiger partial charge in [0.05, 0.1) is 0 Å². The second-order valence-corrected chi connectivity index (χ2v) is 52.6. The molecule has 0 aromatic heterocycles. The number of hydrogen-bond donors (Lipinski definition) is 1. The fourth-order valence-corrected chi connectivity index (χ4v) is 105. The zero-order valence-corrected chi connectivity index (χ0v) is 23.4. The lowest BCUT2D eigenvalue weighted by Crippen LogP contribution is -2.82. The van der Waals surface area contributed by atoms with Crippen molar-refractivity contribution < 1.29 is 5.11 Å². The first kappa shape index (κ1) is 23.9. The van der Waals surface area contributed by atoms with E-state index in [2.05, 4.69) is 84.9 Å². The van der Waals surface area contributed by atoms with Gasteiger partial charge in [-0.25, -0.2) is 0 Å². The van der Waals surface area contributed by atoms with Gasteiger partial charge in [-0.2, -0.15) is 0 Å². The van der Waals surface area contributed by atoms with E-state index in [0.717, 1.165) is 24.0 Å². The van der Waals surface area contributed by atoms with Crippen molar-refractivity contribution in [2.75, 3.05) is 0 Å². The van der Waals surface area contributed by atoms with E-state index < -0.39 is 29.4 Å². The van der Waals surface area contributed by atoms with Gasteiger partial charge in [-0.1, -0.05) is 90.9 Å². The highest BCUT2D eigenvalue weighted by atomic mass is 29.9. The predicted octanol–water partition coefficient (Wildman–Crippen LogP) is 6.76. The molecule has 1 aromatic rings. The summed E-state index contributed by atoms with van der Waals surface area (Å²) in [5.41, 5.74) is 3.75. The van der Waals surface area contributed by atoms with Gasteiger partial charge in [0, 0.05) is 29.4 Å². The molecule has 0 spiro atoms. The monoisotopic (exact) mass is 424 g/mol. The minimum atomic E-state index is -1.30. The van der Waals surface area contributed by atoms with E-state index in [1.165, 1.54) is 18.0 Å². The lowest BCUT2D eigenvalue weighted by Gasteiger charge is -2.58. The Kier molecular flexibility index (Phi) is 7.45. The Balaban J connectivity index is 3.40. The van der Waals surface area contributed by atoms with Crippen molar-refractivity contribution >= 4 is 29.4 Å². The summed E-state index contributed by atoms with van der Waals surface area (Å²) in [7, 11) is -3.61. The van der Waals surface area contributed by atoms with Crippen LogP contribution in [0.5, 0.6) is 5.75 Å². The Bertz CT molecular complexity index is 557. The fourth-order valence-electron chi connectivity index (χ4n) is 6.35. The molecule has 1 aromatic carbocycles. The molecule has 0 amide bonds. The summed E-state index contributed by atoms with van der Waals surface area (Å²) in [5, 5.41) is 10.5. The Hall–Kier alpha value is -0.112. The molecule has 0 atom stereocenters. The maximum absolute atomic E-state index is 10.5. The molecule has 1 nitrogen and oxygen atoms in total. The van der Waals surface area contributed by atoms with Crippen LogP contribution < -0.4 is 0 Å². The fraction of sp³-hybridized carbons (Fsp3) is 0.714. The Morgan fingerprint density at radius 3 is 1.31 bits per heavy atom. The third-order valence-electron chi connectivity index (χ3n) is 6.72. The molecule has 26 heavy (non-hydrogen) atoms. The predicted molar refractivity (Wildman–Crippen MR) is 131 cm³/mol. The number of phenolic OH excluding ortho intramolecular Hbond substituents is 1. The van der Waals surface area contributed by atoms with Crippen LogP contribution in [0, 0.1) is 0 Å². The van der Waals surface area contributed by atoms with Crippen molar-refractivity contribution in [3.63, 3.8) is 0 Å². The number of hydrogen-bond acceptors (Lipinski definition) is 1. The molecule has 0 fully saturated rings. The highest BCUT2D eigenvalue weighted by Gasteiger charge is 2.60. The van der Waals surface area contributed by atoms with Gasteiger partial charge in [0.15, 0.2) is 0 Å². The third-order valence-corrected chi connectivity index (χ3v) is 81.2. The first-order valence-corrected chi connectivity index (χ1v) is 26.2. The van der Waals surface area contributed by atoms with Crippen LogP contribution in [-0.2, 0) is 19.3 Å². The zero-order chi connectivity index (χ0) is 20.6. The van der Waals surface area contributed by atoms with E-state index in [9.17, 15) is 5.11 Å². The van der Waals surface area contributed by atoms with Crippen molar-refractivity contribution in [2.24, 2.45) is 0 Å². The van der Waals surface area contributed by atoms with E-state index >= 15 is 0 Å². The number of aromatic hydroxyl groups is 1. The van der Waals surface area contributed by atoms with Crippen molar-refractivity contribution in [3.8, 4) is 5.75 Å². The Labute approximate surface area is 167 Å². The van der Waals surface area contributed by atoms with Gasteiger partial charge in [0.2, 0.25) is 0 Å². The van der Waals surface area contributed by atoms with Crippen LogP contribution >= 0.6 is 0 Å². The largest absolute Gasteiger partial charge is 0.507 e. The van der Waals surface area contributed by atoms with Gasteiger partial charge < -0.3 is 5.11 Å². The lowest BCUT2D eigenvalue weighted by molar-refractivity contribution is 0.462. The maximum atomic E-state index is 10.5. The Morgan fingerprint density at radius 1 is 0.692 bits per heavy atom.